The van der Waals surface area contributed by atoms with Crippen LogP contribution in [0.25, 0.3) is 0 Å². The van der Waals surface area contributed by atoms with Gasteiger partial charge in [0.2, 0.25) is 5.91 Å². The van der Waals surface area contributed by atoms with Crippen molar-refractivity contribution in [3.8, 4) is 0 Å². The normalized spacial score (nSPS) is 22.0. The summed E-state index contributed by atoms with van der Waals surface area (Å²) < 4.78 is 5.55. The van der Waals surface area contributed by atoms with Gasteiger partial charge in [-0.05, 0) is 31.6 Å². The van der Waals surface area contributed by atoms with E-state index in [2.05, 4.69) is 0 Å². The number of nitrogens with two attached hydrogens (primary N) is 1. The Bertz CT molecular complexity index is 267. The van der Waals surface area contributed by atoms with Crippen LogP contribution in [0.1, 0.15) is 32.1 Å². The van der Waals surface area contributed by atoms with Crippen LogP contribution in [0.4, 0.5) is 0 Å². The summed E-state index contributed by atoms with van der Waals surface area (Å²) >= 11 is 0. The molecular formula is C13H24N2O2. The van der Waals surface area contributed by atoms with Gasteiger partial charge in [0.1, 0.15) is 0 Å². The Morgan fingerprint density at radius 1 is 1.47 bits per heavy atom. The van der Waals surface area contributed by atoms with E-state index in [1.165, 1.54) is 12.8 Å². The zero-order valence-corrected chi connectivity index (χ0v) is 10.8. The molecule has 2 rings (SSSR count). The first-order valence-electron chi connectivity index (χ1n) is 6.71. The second-order valence-electron chi connectivity index (χ2n) is 5.58. The molecule has 0 spiro atoms. The lowest BCUT2D eigenvalue weighted by Gasteiger charge is -2.41. The second-order valence-corrected chi connectivity index (χ2v) is 5.58. The molecule has 2 saturated carbocycles. The van der Waals surface area contributed by atoms with Crippen LogP contribution in [-0.2, 0) is 9.53 Å². The molecule has 4 heteroatoms. The lowest BCUT2D eigenvalue weighted by atomic mass is 9.68. The van der Waals surface area contributed by atoms with E-state index in [-0.39, 0.29) is 11.3 Å². The second kappa shape index (κ2) is 5.36. The third-order valence-electron chi connectivity index (χ3n) is 4.12. The molecule has 0 aromatic heterocycles. The highest BCUT2D eigenvalue weighted by Gasteiger charge is 2.44. The van der Waals surface area contributed by atoms with Crippen LogP contribution in [-0.4, -0.2) is 44.2 Å². The maximum absolute atomic E-state index is 12.2. The zero-order chi connectivity index (χ0) is 12.3. The number of rotatable bonds is 7. The Labute approximate surface area is 103 Å². The Morgan fingerprint density at radius 3 is 2.65 bits per heavy atom. The maximum Gasteiger partial charge on any atom is 0.229 e. The lowest BCUT2D eigenvalue weighted by molar-refractivity contribution is -0.145. The SMILES string of the molecule is CN(CCOCC1CC1)C(=O)C1(CN)CCC1. The van der Waals surface area contributed by atoms with E-state index < -0.39 is 0 Å². The fourth-order valence-corrected chi connectivity index (χ4v) is 2.35. The van der Waals surface area contributed by atoms with Crippen LogP contribution in [0.3, 0.4) is 0 Å². The van der Waals surface area contributed by atoms with Crippen molar-refractivity contribution in [2.45, 2.75) is 32.1 Å². The highest BCUT2D eigenvalue weighted by atomic mass is 16.5. The Morgan fingerprint density at radius 2 is 2.18 bits per heavy atom. The predicted molar refractivity (Wildman–Crippen MR) is 66.5 cm³/mol. The van der Waals surface area contributed by atoms with Crippen LogP contribution in [0.15, 0.2) is 0 Å². The van der Waals surface area contributed by atoms with Crippen molar-refractivity contribution in [2.24, 2.45) is 17.1 Å². The van der Waals surface area contributed by atoms with Crippen LogP contribution in [0.2, 0.25) is 0 Å². The van der Waals surface area contributed by atoms with Crippen molar-refractivity contribution in [2.75, 3.05) is 33.4 Å². The highest BCUT2D eigenvalue weighted by molar-refractivity contribution is 5.83. The van der Waals surface area contributed by atoms with E-state index in [1.54, 1.807) is 4.90 Å². The molecule has 1 amide bonds. The number of nitrogens with zero attached hydrogens (tertiary/aromatic N) is 1. The van der Waals surface area contributed by atoms with E-state index in [0.717, 1.165) is 31.8 Å². The number of hydrogen-bond donors (Lipinski definition) is 1. The van der Waals surface area contributed by atoms with E-state index in [1.807, 2.05) is 7.05 Å². The van der Waals surface area contributed by atoms with Gasteiger partial charge in [-0.1, -0.05) is 6.42 Å². The molecule has 2 N–H and O–H groups in total. The van der Waals surface area contributed by atoms with Gasteiger partial charge in [-0.25, -0.2) is 0 Å². The summed E-state index contributed by atoms with van der Waals surface area (Å²) in [7, 11) is 1.86. The Kier molecular flexibility index (Phi) is 4.05. The van der Waals surface area contributed by atoms with Crippen molar-refractivity contribution >= 4 is 5.91 Å². The fourth-order valence-electron chi connectivity index (χ4n) is 2.35. The highest BCUT2D eigenvalue weighted by Crippen LogP contribution is 2.41. The molecule has 0 saturated heterocycles. The van der Waals surface area contributed by atoms with Gasteiger partial charge in [0, 0.05) is 26.7 Å². The summed E-state index contributed by atoms with van der Waals surface area (Å²) in [5.74, 6) is 0.999. The molecule has 0 bridgehead atoms. The molecular weight excluding hydrogens is 216 g/mol. The molecule has 0 radical (unpaired) electrons. The summed E-state index contributed by atoms with van der Waals surface area (Å²) in [6.07, 6.45) is 5.66. The first kappa shape index (κ1) is 12.8. The quantitative estimate of drug-likeness (QED) is 0.675. The van der Waals surface area contributed by atoms with Crippen LogP contribution >= 0.6 is 0 Å². The van der Waals surface area contributed by atoms with Gasteiger partial charge in [0.25, 0.3) is 0 Å². The average Bonchev–Trinajstić information content (AvgIpc) is 3.07. The van der Waals surface area contributed by atoms with E-state index in [0.29, 0.717) is 19.7 Å². The van der Waals surface area contributed by atoms with Crippen molar-refractivity contribution in [1.82, 2.24) is 4.90 Å². The summed E-state index contributed by atoms with van der Waals surface area (Å²) in [5.41, 5.74) is 5.49. The molecule has 98 valence electrons. The minimum atomic E-state index is -0.245. The van der Waals surface area contributed by atoms with Crippen molar-refractivity contribution < 1.29 is 9.53 Å². The number of carbonyl (C=O) groups is 1. The van der Waals surface area contributed by atoms with Gasteiger partial charge in [0.05, 0.1) is 12.0 Å². The van der Waals surface area contributed by atoms with Crippen LogP contribution in [0.5, 0.6) is 0 Å². The van der Waals surface area contributed by atoms with Crippen molar-refractivity contribution in [3.05, 3.63) is 0 Å². The predicted octanol–water partition coefficient (Wildman–Crippen LogP) is 1.00. The standard InChI is InChI=1S/C13H24N2O2/c1-15(7-8-17-9-11-3-4-11)12(16)13(10-14)5-2-6-13/h11H,2-10,14H2,1H3. The molecule has 0 heterocycles. The van der Waals surface area contributed by atoms with Gasteiger partial charge >= 0.3 is 0 Å². The topological polar surface area (TPSA) is 55.6 Å². The first-order valence-corrected chi connectivity index (χ1v) is 6.71. The van der Waals surface area contributed by atoms with Crippen LogP contribution in [0, 0.1) is 11.3 Å². The lowest BCUT2D eigenvalue weighted by Crippen LogP contribution is -2.51. The van der Waals surface area contributed by atoms with E-state index in [4.69, 9.17) is 10.5 Å². The molecule has 17 heavy (non-hydrogen) atoms. The van der Waals surface area contributed by atoms with E-state index in [9.17, 15) is 4.79 Å². The summed E-state index contributed by atoms with van der Waals surface area (Å²) in [6, 6.07) is 0. The largest absolute Gasteiger partial charge is 0.379 e. The minimum absolute atomic E-state index is 0.210. The molecule has 0 aliphatic heterocycles. The van der Waals surface area contributed by atoms with Gasteiger partial charge < -0.3 is 15.4 Å². The number of likely N-dealkylation sites (N-methyl/N-ethyl adjacent to an activating group) is 1. The smallest absolute Gasteiger partial charge is 0.229 e. The Balaban J connectivity index is 1.66. The van der Waals surface area contributed by atoms with Crippen molar-refractivity contribution in [3.63, 3.8) is 0 Å². The molecule has 2 aliphatic rings. The van der Waals surface area contributed by atoms with Gasteiger partial charge in [-0.15, -0.1) is 0 Å². The molecule has 0 atom stereocenters. The average molecular weight is 240 g/mol. The third-order valence-corrected chi connectivity index (χ3v) is 4.12. The summed E-state index contributed by atoms with van der Waals surface area (Å²) in [4.78, 5) is 14.0. The summed E-state index contributed by atoms with van der Waals surface area (Å²) in [5, 5.41) is 0. The number of amides is 1. The number of carbonyl (C=O) groups excluding carboxylic acids is 1. The minimum Gasteiger partial charge on any atom is -0.379 e. The molecule has 2 aliphatic carbocycles. The van der Waals surface area contributed by atoms with Gasteiger partial charge in [-0.2, -0.15) is 0 Å². The maximum atomic E-state index is 12.2. The molecule has 4 nitrogen and oxygen atoms in total. The van der Waals surface area contributed by atoms with E-state index >= 15 is 0 Å². The monoisotopic (exact) mass is 240 g/mol. The summed E-state index contributed by atoms with van der Waals surface area (Å²) in [6.45, 7) is 2.69. The zero-order valence-electron chi connectivity index (χ0n) is 10.8. The fraction of sp³-hybridized carbons (Fsp3) is 0.923. The molecule has 0 aromatic carbocycles. The number of hydrogen-bond acceptors (Lipinski definition) is 3. The molecule has 0 unspecified atom stereocenters. The van der Waals surface area contributed by atoms with Gasteiger partial charge in [0.15, 0.2) is 0 Å². The number of ether oxygens (including phenoxy) is 1. The van der Waals surface area contributed by atoms with Gasteiger partial charge in [-0.3, -0.25) is 4.79 Å². The molecule has 0 aromatic rings. The van der Waals surface area contributed by atoms with Crippen molar-refractivity contribution in [1.29, 1.82) is 0 Å². The Hall–Kier alpha value is -0.610. The third kappa shape index (κ3) is 2.99. The first-order chi connectivity index (χ1) is 8.18. The van der Waals surface area contributed by atoms with Crippen LogP contribution < -0.4 is 5.73 Å². The molecule has 2 fully saturated rings.